The molecule has 3 aromatic rings. The molecule has 0 fully saturated rings. The largest absolute Gasteiger partial charge is 0.486 e. The molecule has 1 aliphatic heterocycles. The summed E-state index contributed by atoms with van der Waals surface area (Å²) in [7, 11) is -3.80. The molecule has 166 valence electrons. The van der Waals surface area contributed by atoms with Gasteiger partial charge in [0.05, 0.1) is 22.0 Å². The number of nitrogens with one attached hydrogen (secondary N) is 2. The average Bonchev–Trinajstić information content (AvgIpc) is 2.78. The van der Waals surface area contributed by atoms with Gasteiger partial charge in [0.25, 0.3) is 15.9 Å². The van der Waals surface area contributed by atoms with E-state index >= 15 is 0 Å². The van der Waals surface area contributed by atoms with Gasteiger partial charge in [0.1, 0.15) is 12.7 Å². The molecule has 0 bridgehead atoms. The molecule has 0 spiro atoms. The van der Waals surface area contributed by atoms with Gasteiger partial charge in [-0.3, -0.25) is 9.52 Å². The zero-order valence-corrected chi connectivity index (χ0v) is 18.7. The van der Waals surface area contributed by atoms with E-state index in [0.717, 1.165) is 5.56 Å². The van der Waals surface area contributed by atoms with Gasteiger partial charge in [-0.25, -0.2) is 8.42 Å². The molecule has 0 saturated heterocycles. The summed E-state index contributed by atoms with van der Waals surface area (Å²) < 4.78 is 39.2. The Balaban J connectivity index is 1.43. The summed E-state index contributed by atoms with van der Waals surface area (Å²) in [5.41, 5.74) is 1.32. The van der Waals surface area contributed by atoms with E-state index in [-0.39, 0.29) is 33.8 Å². The van der Waals surface area contributed by atoms with Gasteiger partial charge in [0.15, 0.2) is 11.5 Å². The van der Waals surface area contributed by atoms with Crippen LogP contribution in [0.5, 0.6) is 11.5 Å². The molecule has 0 saturated carbocycles. The minimum absolute atomic E-state index is 0.124. The summed E-state index contributed by atoms with van der Waals surface area (Å²) in [4.78, 5) is 12.8. The fraction of sp³-hybridized carbons (Fsp3) is 0.174. The van der Waals surface area contributed by atoms with Crippen LogP contribution < -0.4 is 19.5 Å². The first-order valence-corrected chi connectivity index (χ1v) is 11.7. The highest BCUT2D eigenvalue weighted by Gasteiger charge is 2.22. The molecular weight excluding hydrogens is 452 g/mol. The number of rotatable bonds is 6. The normalized spacial score (nSPS) is 15.1. The number of amides is 1. The Bertz CT molecular complexity index is 1250. The zero-order valence-electron chi connectivity index (χ0n) is 17.2. The van der Waals surface area contributed by atoms with E-state index in [1.165, 1.54) is 30.3 Å². The van der Waals surface area contributed by atoms with E-state index in [0.29, 0.717) is 18.1 Å². The van der Waals surface area contributed by atoms with E-state index < -0.39 is 15.9 Å². The quantitative estimate of drug-likeness (QED) is 0.565. The van der Waals surface area contributed by atoms with Crippen LogP contribution in [0, 0.1) is 6.92 Å². The van der Waals surface area contributed by atoms with Crippen molar-refractivity contribution in [1.29, 1.82) is 0 Å². The number of fused-ring (bicyclic) bond motifs is 1. The zero-order chi connectivity index (χ0) is 22.7. The van der Waals surface area contributed by atoms with Crippen LogP contribution in [0.2, 0.25) is 5.02 Å². The van der Waals surface area contributed by atoms with E-state index in [4.69, 9.17) is 21.1 Å². The Kier molecular flexibility index (Phi) is 6.25. The van der Waals surface area contributed by atoms with Gasteiger partial charge in [-0.1, -0.05) is 41.4 Å². The highest BCUT2D eigenvalue weighted by atomic mass is 35.5. The standard InChI is InChI=1S/C23H21ClN2O5S/c1-15-6-9-18(10-7-15)32(28,29)26-16-8-11-20(24)19(12-16)23(27)25-13-17-14-30-21-4-2-3-5-22(21)31-17/h2-12,17,26H,13-14H2,1H3,(H,25,27)/t17-/m0/s1. The Morgan fingerprint density at radius 1 is 1.06 bits per heavy atom. The Morgan fingerprint density at radius 2 is 1.78 bits per heavy atom. The molecule has 3 aromatic carbocycles. The highest BCUT2D eigenvalue weighted by Crippen LogP contribution is 2.30. The summed E-state index contributed by atoms with van der Waals surface area (Å²) in [5.74, 6) is 0.823. The maximum atomic E-state index is 12.7. The van der Waals surface area contributed by atoms with Crippen LogP contribution in [0.3, 0.4) is 0 Å². The molecule has 0 radical (unpaired) electrons. The highest BCUT2D eigenvalue weighted by molar-refractivity contribution is 7.92. The molecule has 1 heterocycles. The minimum atomic E-state index is -3.80. The van der Waals surface area contributed by atoms with Crippen LogP contribution in [0.15, 0.2) is 71.6 Å². The molecule has 4 rings (SSSR count). The minimum Gasteiger partial charge on any atom is -0.486 e. The van der Waals surface area contributed by atoms with E-state index in [2.05, 4.69) is 10.0 Å². The Labute approximate surface area is 191 Å². The van der Waals surface area contributed by atoms with Crippen molar-refractivity contribution < 1.29 is 22.7 Å². The van der Waals surface area contributed by atoms with Crippen LogP contribution in [-0.2, 0) is 10.0 Å². The second kappa shape index (κ2) is 9.10. The molecule has 7 nitrogen and oxygen atoms in total. The number of sulfonamides is 1. The molecule has 0 aromatic heterocycles. The number of para-hydroxylation sites is 2. The summed E-state index contributed by atoms with van der Waals surface area (Å²) in [6.07, 6.45) is -0.365. The van der Waals surface area contributed by atoms with Crippen LogP contribution in [0.25, 0.3) is 0 Å². The van der Waals surface area contributed by atoms with Crippen molar-refractivity contribution in [3.63, 3.8) is 0 Å². The number of halogens is 1. The van der Waals surface area contributed by atoms with Gasteiger partial charge in [0, 0.05) is 5.69 Å². The van der Waals surface area contributed by atoms with E-state index in [1.807, 2.05) is 25.1 Å². The van der Waals surface area contributed by atoms with Crippen molar-refractivity contribution >= 4 is 33.2 Å². The van der Waals surface area contributed by atoms with Crippen molar-refractivity contribution in [3.05, 3.63) is 82.9 Å². The third-order valence-corrected chi connectivity index (χ3v) is 6.58. The molecule has 2 N–H and O–H groups in total. The molecule has 1 aliphatic rings. The number of carbonyl (C=O) groups is 1. The van der Waals surface area contributed by atoms with E-state index in [1.54, 1.807) is 18.2 Å². The SMILES string of the molecule is Cc1ccc(S(=O)(=O)Nc2ccc(Cl)c(C(=O)NC[C@H]3COc4ccccc4O3)c2)cc1. The summed E-state index contributed by atoms with van der Waals surface area (Å²) in [6.45, 7) is 2.36. The van der Waals surface area contributed by atoms with Crippen LogP contribution in [0.4, 0.5) is 5.69 Å². The van der Waals surface area contributed by atoms with Crippen molar-refractivity contribution in [1.82, 2.24) is 5.32 Å². The fourth-order valence-electron chi connectivity index (χ4n) is 3.16. The van der Waals surface area contributed by atoms with Crippen molar-refractivity contribution in [2.45, 2.75) is 17.9 Å². The topological polar surface area (TPSA) is 93.7 Å². The first-order valence-electron chi connectivity index (χ1n) is 9.87. The Hall–Kier alpha value is -3.23. The van der Waals surface area contributed by atoms with Gasteiger partial charge >= 0.3 is 0 Å². The summed E-state index contributed by atoms with van der Waals surface area (Å²) >= 11 is 6.19. The number of carbonyl (C=O) groups excluding carboxylic acids is 1. The first-order chi connectivity index (χ1) is 15.3. The third kappa shape index (κ3) is 4.98. The number of hydrogen-bond donors (Lipinski definition) is 2. The first kappa shape index (κ1) is 22.0. The molecule has 9 heteroatoms. The van der Waals surface area contributed by atoms with Crippen molar-refractivity contribution in [3.8, 4) is 11.5 Å². The summed E-state index contributed by atoms with van der Waals surface area (Å²) in [5, 5.41) is 2.96. The number of benzene rings is 3. The van der Waals surface area contributed by atoms with Gasteiger partial charge in [0.2, 0.25) is 0 Å². The molecule has 1 atom stereocenters. The van der Waals surface area contributed by atoms with Crippen LogP contribution >= 0.6 is 11.6 Å². The smallest absolute Gasteiger partial charge is 0.261 e. The molecule has 0 aliphatic carbocycles. The number of ether oxygens (including phenoxy) is 2. The number of aryl methyl sites for hydroxylation is 1. The maximum absolute atomic E-state index is 12.7. The Morgan fingerprint density at radius 3 is 2.53 bits per heavy atom. The second-order valence-corrected chi connectivity index (χ2v) is 9.41. The molecular formula is C23H21ClN2O5S. The van der Waals surface area contributed by atoms with Gasteiger partial charge in [-0.15, -0.1) is 0 Å². The van der Waals surface area contributed by atoms with Crippen molar-refractivity contribution in [2.24, 2.45) is 0 Å². The van der Waals surface area contributed by atoms with Crippen LogP contribution in [0.1, 0.15) is 15.9 Å². The lowest BCUT2D eigenvalue weighted by molar-refractivity contribution is 0.0789. The number of hydrogen-bond acceptors (Lipinski definition) is 5. The number of anilines is 1. The van der Waals surface area contributed by atoms with Crippen molar-refractivity contribution in [2.75, 3.05) is 17.9 Å². The fourth-order valence-corrected chi connectivity index (χ4v) is 4.41. The predicted octanol–water partition coefficient (Wildman–Crippen LogP) is 4.02. The third-order valence-electron chi connectivity index (χ3n) is 4.85. The molecule has 0 unspecified atom stereocenters. The lowest BCUT2D eigenvalue weighted by atomic mass is 10.2. The molecule has 32 heavy (non-hydrogen) atoms. The monoisotopic (exact) mass is 472 g/mol. The maximum Gasteiger partial charge on any atom is 0.261 e. The second-order valence-electron chi connectivity index (χ2n) is 7.32. The molecule has 1 amide bonds. The lowest BCUT2D eigenvalue weighted by Crippen LogP contribution is -2.40. The van der Waals surface area contributed by atoms with Gasteiger partial charge in [-0.05, 0) is 49.4 Å². The van der Waals surface area contributed by atoms with E-state index in [9.17, 15) is 13.2 Å². The van der Waals surface area contributed by atoms with Gasteiger partial charge < -0.3 is 14.8 Å². The van der Waals surface area contributed by atoms with Crippen LogP contribution in [-0.4, -0.2) is 33.6 Å². The average molecular weight is 473 g/mol. The predicted molar refractivity (Wildman–Crippen MR) is 122 cm³/mol. The summed E-state index contributed by atoms with van der Waals surface area (Å²) in [6, 6.07) is 18.1. The lowest BCUT2D eigenvalue weighted by Gasteiger charge is -2.26. The van der Waals surface area contributed by atoms with Gasteiger partial charge in [-0.2, -0.15) is 0 Å².